The molecule has 2 rings (SSSR count). The van der Waals surface area contributed by atoms with E-state index in [1.54, 1.807) is 18.2 Å². The Hall–Kier alpha value is -1.44. The molecule has 118 valence electrons. The van der Waals surface area contributed by atoms with Crippen LogP contribution in [0.3, 0.4) is 0 Å². The van der Waals surface area contributed by atoms with Crippen LogP contribution in [0.1, 0.15) is 5.56 Å². The van der Waals surface area contributed by atoms with Gasteiger partial charge in [-0.15, -0.1) is 0 Å². The number of benzene rings is 1. The maximum atomic E-state index is 12.5. The normalized spacial score (nSPS) is 21.8. The van der Waals surface area contributed by atoms with Gasteiger partial charge in [-0.3, -0.25) is 0 Å². The van der Waals surface area contributed by atoms with Gasteiger partial charge in [0.05, 0.1) is 13.2 Å². The van der Waals surface area contributed by atoms with Crippen LogP contribution in [0.2, 0.25) is 0 Å². The summed E-state index contributed by atoms with van der Waals surface area (Å²) in [5, 5.41) is 15.9. The Morgan fingerprint density at radius 2 is 2.24 bits per heavy atom. The molecule has 1 aliphatic heterocycles. The zero-order valence-electron chi connectivity index (χ0n) is 11.8. The molecular weight excluding hydrogens is 282 g/mol. The zero-order chi connectivity index (χ0) is 15.2. The lowest BCUT2D eigenvalue weighted by atomic mass is 10.1. The molecule has 1 aromatic rings. The molecule has 2 unspecified atom stereocenters. The van der Waals surface area contributed by atoms with Crippen LogP contribution in [-0.4, -0.2) is 44.6 Å². The van der Waals surface area contributed by atoms with E-state index >= 15 is 0 Å². The number of alkyl halides is 2. The molecule has 0 bridgehead atoms. The molecule has 0 radical (unpaired) electrons. The summed E-state index contributed by atoms with van der Waals surface area (Å²) in [6, 6.07) is 5.00. The number of hydrogen-bond acceptors (Lipinski definition) is 5. The van der Waals surface area contributed by atoms with Crippen molar-refractivity contribution in [3.05, 3.63) is 23.8 Å². The number of β-amino-alcohol motifs (C(OH)–C–C–N with tert-alkyl or cyclic N) is 1. The predicted octanol–water partition coefficient (Wildman–Crippen LogP) is 0.966. The topological polar surface area (TPSA) is 62.8 Å². The summed E-state index contributed by atoms with van der Waals surface area (Å²) in [7, 11) is 1.41. The maximum Gasteiger partial charge on any atom is 0.387 e. The number of para-hydroxylation sites is 1. The van der Waals surface area contributed by atoms with Gasteiger partial charge in [0.15, 0.2) is 11.5 Å². The highest BCUT2D eigenvalue weighted by atomic mass is 19.3. The van der Waals surface area contributed by atoms with Gasteiger partial charge < -0.3 is 25.2 Å². The summed E-state index contributed by atoms with van der Waals surface area (Å²) >= 11 is 0. The number of halogens is 2. The smallest absolute Gasteiger partial charge is 0.387 e. The van der Waals surface area contributed by atoms with Crippen LogP contribution in [0, 0.1) is 5.92 Å². The van der Waals surface area contributed by atoms with Gasteiger partial charge in [0.2, 0.25) is 0 Å². The summed E-state index contributed by atoms with van der Waals surface area (Å²) < 4.78 is 34.6. The lowest BCUT2D eigenvalue weighted by molar-refractivity contribution is -0.0518. The average Bonchev–Trinajstić information content (AvgIpc) is 2.85. The molecule has 5 nitrogen and oxygen atoms in total. The molecular formula is C14H20F2N2O3. The van der Waals surface area contributed by atoms with Crippen molar-refractivity contribution in [2.24, 2.45) is 5.92 Å². The Labute approximate surface area is 122 Å². The van der Waals surface area contributed by atoms with Crippen molar-refractivity contribution < 1.29 is 23.4 Å². The number of hydrogen-bond donors (Lipinski definition) is 3. The Kier molecular flexibility index (Phi) is 5.72. The fourth-order valence-corrected chi connectivity index (χ4v) is 2.40. The van der Waals surface area contributed by atoms with Crippen LogP contribution >= 0.6 is 0 Å². The molecule has 21 heavy (non-hydrogen) atoms. The molecule has 1 aliphatic rings. The number of aliphatic hydroxyl groups excluding tert-OH is 1. The Morgan fingerprint density at radius 1 is 1.43 bits per heavy atom. The standard InChI is InChI=1S/C14H20F2N2O3/c1-20-12-4-2-3-9(13(12)21-14(15)16)5-17-6-10-7-18-8-11(10)19/h2-4,10-11,14,17-19H,5-8H2,1H3. The first-order chi connectivity index (χ1) is 10.1. The van der Waals surface area contributed by atoms with E-state index in [0.29, 0.717) is 25.2 Å². The summed E-state index contributed by atoms with van der Waals surface area (Å²) in [4.78, 5) is 0. The quantitative estimate of drug-likeness (QED) is 0.700. The van der Waals surface area contributed by atoms with E-state index in [4.69, 9.17) is 4.74 Å². The van der Waals surface area contributed by atoms with Crippen LogP contribution < -0.4 is 20.1 Å². The van der Waals surface area contributed by atoms with Crippen molar-refractivity contribution in [1.29, 1.82) is 0 Å². The van der Waals surface area contributed by atoms with Crippen molar-refractivity contribution in [2.75, 3.05) is 26.7 Å². The van der Waals surface area contributed by atoms with Gasteiger partial charge >= 0.3 is 6.61 Å². The van der Waals surface area contributed by atoms with Gasteiger partial charge in [0.1, 0.15) is 0 Å². The van der Waals surface area contributed by atoms with Crippen LogP contribution in [0.25, 0.3) is 0 Å². The van der Waals surface area contributed by atoms with Crippen molar-refractivity contribution in [3.8, 4) is 11.5 Å². The van der Waals surface area contributed by atoms with Crippen molar-refractivity contribution in [2.45, 2.75) is 19.3 Å². The first-order valence-corrected chi connectivity index (χ1v) is 6.82. The highest BCUT2D eigenvalue weighted by Gasteiger charge is 2.24. The molecule has 0 aromatic heterocycles. The highest BCUT2D eigenvalue weighted by Crippen LogP contribution is 2.32. The second-order valence-electron chi connectivity index (χ2n) is 4.94. The Balaban J connectivity index is 1.98. The summed E-state index contributed by atoms with van der Waals surface area (Å²) in [6.07, 6.45) is -0.375. The van der Waals surface area contributed by atoms with Crippen LogP contribution in [0.5, 0.6) is 11.5 Å². The molecule has 1 aromatic carbocycles. The van der Waals surface area contributed by atoms with E-state index in [9.17, 15) is 13.9 Å². The fourth-order valence-electron chi connectivity index (χ4n) is 2.40. The SMILES string of the molecule is COc1cccc(CNCC2CNCC2O)c1OC(F)F. The highest BCUT2D eigenvalue weighted by molar-refractivity contribution is 5.46. The molecule has 3 N–H and O–H groups in total. The van der Waals surface area contributed by atoms with E-state index in [-0.39, 0.29) is 23.5 Å². The minimum Gasteiger partial charge on any atom is -0.493 e. The fraction of sp³-hybridized carbons (Fsp3) is 0.571. The number of nitrogens with one attached hydrogen (secondary N) is 2. The number of rotatable bonds is 7. The molecule has 0 amide bonds. The molecule has 0 aliphatic carbocycles. The monoisotopic (exact) mass is 302 g/mol. The average molecular weight is 302 g/mol. The molecule has 1 saturated heterocycles. The molecule has 0 spiro atoms. The van der Waals surface area contributed by atoms with Gasteiger partial charge in [-0.1, -0.05) is 12.1 Å². The van der Waals surface area contributed by atoms with Crippen LogP contribution in [0.15, 0.2) is 18.2 Å². The van der Waals surface area contributed by atoms with Gasteiger partial charge in [0, 0.05) is 37.7 Å². The van der Waals surface area contributed by atoms with Crippen molar-refractivity contribution >= 4 is 0 Å². The first-order valence-electron chi connectivity index (χ1n) is 6.82. The molecule has 7 heteroatoms. The third-order valence-corrected chi connectivity index (χ3v) is 3.51. The van der Waals surface area contributed by atoms with E-state index in [2.05, 4.69) is 15.4 Å². The van der Waals surface area contributed by atoms with E-state index in [0.717, 1.165) is 6.54 Å². The predicted molar refractivity (Wildman–Crippen MR) is 73.7 cm³/mol. The molecule has 0 saturated carbocycles. The minimum atomic E-state index is -2.90. The van der Waals surface area contributed by atoms with Crippen molar-refractivity contribution in [3.63, 3.8) is 0 Å². The van der Waals surface area contributed by atoms with E-state index < -0.39 is 6.61 Å². The molecule has 2 atom stereocenters. The van der Waals surface area contributed by atoms with E-state index in [1.165, 1.54) is 7.11 Å². The minimum absolute atomic E-state index is 0.0487. The van der Waals surface area contributed by atoms with Crippen LogP contribution in [-0.2, 0) is 6.54 Å². The Bertz CT molecular complexity index is 460. The molecule has 1 fully saturated rings. The van der Waals surface area contributed by atoms with Gasteiger partial charge in [0.25, 0.3) is 0 Å². The zero-order valence-corrected chi connectivity index (χ0v) is 11.8. The number of ether oxygens (including phenoxy) is 2. The van der Waals surface area contributed by atoms with Gasteiger partial charge in [-0.2, -0.15) is 8.78 Å². The second-order valence-corrected chi connectivity index (χ2v) is 4.94. The number of aliphatic hydroxyl groups is 1. The maximum absolute atomic E-state index is 12.5. The third kappa shape index (κ3) is 4.26. The summed E-state index contributed by atoms with van der Waals surface area (Å²) in [5.41, 5.74) is 0.593. The lowest BCUT2D eigenvalue weighted by Crippen LogP contribution is -2.30. The second kappa shape index (κ2) is 7.53. The van der Waals surface area contributed by atoms with Crippen molar-refractivity contribution in [1.82, 2.24) is 10.6 Å². The lowest BCUT2D eigenvalue weighted by Gasteiger charge is -2.17. The third-order valence-electron chi connectivity index (χ3n) is 3.51. The largest absolute Gasteiger partial charge is 0.493 e. The van der Waals surface area contributed by atoms with Crippen LogP contribution in [0.4, 0.5) is 8.78 Å². The summed E-state index contributed by atoms with van der Waals surface area (Å²) in [6.45, 7) is -0.610. The molecule has 1 heterocycles. The van der Waals surface area contributed by atoms with Gasteiger partial charge in [-0.05, 0) is 6.07 Å². The van der Waals surface area contributed by atoms with E-state index in [1.807, 2.05) is 0 Å². The van der Waals surface area contributed by atoms with Gasteiger partial charge in [-0.25, -0.2) is 0 Å². The Morgan fingerprint density at radius 3 is 2.86 bits per heavy atom. The first kappa shape index (κ1) is 15.9. The summed E-state index contributed by atoms with van der Waals surface area (Å²) in [5.74, 6) is 0.444. The number of methoxy groups -OCH3 is 1.